The van der Waals surface area contributed by atoms with Gasteiger partial charge in [-0.15, -0.1) is 0 Å². The number of carbonyl (C=O) groups is 1. The van der Waals surface area contributed by atoms with Gasteiger partial charge in [-0.25, -0.2) is 27.2 Å². The second kappa shape index (κ2) is 10.2. The molecule has 0 radical (unpaired) electrons. The number of rotatable bonds is 6. The smallest absolute Gasteiger partial charge is 0.270 e. The van der Waals surface area contributed by atoms with Crippen LogP contribution in [0.4, 0.5) is 8.78 Å². The highest BCUT2D eigenvalue weighted by molar-refractivity contribution is 7.89. The van der Waals surface area contributed by atoms with Crippen molar-refractivity contribution in [1.29, 1.82) is 0 Å². The lowest BCUT2D eigenvalue weighted by Gasteiger charge is -2.37. The van der Waals surface area contributed by atoms with E-state index in [0.717, 1.165) is 12.1 Å². The average molecular weight is 501 g/mol. The van der Waals surface area contributed by atoms with Crippen LogP contribution in [0.15, 0.2) is 61.1 Å². The second-order valence-corrected chi connectivity index (χ2v) is 10.7. The first-order chi connectivity index (χ1) is 16.7. The van der Waals surface area contributed by atoms with Gasteiger partial charge in [0.05, 0.1) is 6.04 Å². The van der Waals surface area contributed by atoms with Gasteiger partial charge < -0.3 is 5.32 Å². The van der Waals surface area contributed by atoms with Crippen molar-refractivity contribution in [3.05, 3.63) is 95.1 Å². The molecular weight excluding hydrogens is 474 g/mol. The van der Waals surface area contributed by atoms with Crippen LogP contribution in [0.1, 0.15) is 65.2 Å². The van der Waals surface area contributed by atoms with Crippen LogP contribution < -0.4 is 5.32 Å². The van der Waals surface area contributed by atoms with Crippen LogP contribution in [0, 0.1) is 11.6 Å². The predicted octanol–water partition coefficient (Wildman–Crippen LogP) is 4.30. The lowest BCUT2D eigenvalue weighted by Crippen LogP contribution is -2.44. The maximum atomic E-state index is 15.1. The first-order valence-electron chi connectivity index (χ1n) is 11.3. The molecule has 0 spiro atoms. The Morgan fingerprint density at radius 3 is 2.57 bits per heavy atom. The maximum absolute atomic E-state index is 15.1. The van der Waals surface area contributed by atoms with Gasteiger partial charge in [-0.3, -0.25) is 4.79 Å². The van der Waals surface area contributed by atoms with Gasteiger partial charge >= 0.3 is 0 Å². The van der Waals surface area contributed by atoms with Crippen LogP contribution in [0.3, 0.4) is 0 Å². The molecule has 4 rings (SSSR count). The summed E-state index contributed by atoms with van der Waals surface area (Å²) < 4.78 is 58.2. The highest BCUT2D eigenvalue weighted by Gasteiger charge is 2.40. The molecule has 1 saturated heterocycles. The summed E-state index contributed by atoms with van der Waals surface area (Å²) in [7, 11) is -3.79. The lowest BCUT2D eigenvalue weighted by molar-refractivity contribution is 0.0934. The van der Waals surface area contributed by atoms with E-state index in [2.05, 4.69) is 15.3 Å². The average Bonchev–Trinajstić information content (AvgIpc) is 2.84. The van der Waals surface area contributed by atoms with Gasteiger partial charge in [0.1, 0.15) is 28.9 Å². The van der Waals surface area contributed by atoms with E-state index in [-0.39, 0.29) is 29.4 Å². The molecule has 7 nitrogen and oxygen atoms in total. The highest BCUT2D eigenvalue weighted by Crippen LogP contribution is 2.38. The molecule has 2 aromatic carbocycles. The van der Waals surface area contributed by atoms with Crippen molar-refractivity contribution in [2.24, 2.45) is 0 Å². The van der Waals surface area contributed by atoms with Crippen LogP contribution >= 0.6 is 0 Å². The van der Waals surface area contributed by atoms with E-state index < -0.39 is 38.9 Å². The SMILES string of the molecule is CC(NC(=O)c1ccncn1)c1cc(F)c(CN2[C@H](C)CC[C@@H](c3ccccc3)S2(=O)=O)cc1F. The predicted molar refractivity (Wildman–Crippen MR) is 127 cm³/mol. The number of nitrogens with zero attached hydrogens (tertiary/aromatic N) is 3. The quantitative estimate of drug-likeness (QED) is 0.545. The number of halogens is 2. The maximum Gasteiger partial charge on any atom is 0.270 e. The largest absolute Gasteiger partial charge is 0.344 e. The van der Waals surface area contributed by atoms with Crippen molar-refractivity contribution in [1.82, 2.24) is 19.6 Å². The Hall–Kier alpha value is -3.24. The number of benzene rings is 2. The van der Waals surface area contributed by atoms with Crippen LogP contribution in [0.25, 0.3) is 0 Å². The number of carbonyl (C=O) groups excluding carboxylic acids is 1. The number of nitrogens with one attached hydrogen (secondary N) is 1. The van der Waals surface area contributed by atoms with Gasteiger partial charge in [0, 0.05) is 29.9 Å². The molecule has 184 valence electrons. The van der Waals surface area contributed by atoms with Crippen molar-refractivity contribution in [3.8, 4) is 0 Å². The minimum Gasteiger partial charge on any atom is -0.344 e. The summed E-state index contributed by atoms with van der Waals surface area (Å²) in [5.41, 5.74) is 0.663. The zero-order valence-electron chi connectivity index (χ0n) is 19.4. The molecular formula is C25H26F2N4O3S. The van der Waals surface area contributed by atoms with Gasteiger partial charge in [0.15, 0.2) is 0 Å². The van der Waals surface area contributed by atoms with E-state index >= 15 is 8.78 Å². The molecule has 1 amide bonds. The summed E-state index contributed by atoms with van der Waals surface area (Å²) in [5, 5.41) is 1.85. The third-order valence-electron chi connectivity index (χ3n) is 6.32. The molecule has 2 heterocycles. The fourth-order valence-corrected chi connectivity index (χ4v) is 6.54. The molecule has 35 heavy (non-hydrogen) atoms. The normalized spacial score (nSPS) is 20.8. The van der Waals surface area contributed by atoms with E-state index in [9.17, 15) is 13.2 Å². The van der Waals surface area contributed by atoms with Crippen molar-refractivity contribution >= 4 is 15.9 Å². The van der Waals surface area contributed by atoms with Crippen LogP contribution in [-0.2, 0) is 16.6 Å². The van der Waals surface area contributed by atoms with Crippen molar-refractivity contribution in [3.63, 3.8) is 0 Å². The van der Waals surface area contributed by atoms with E-state index in [1.807, 2.05) is 6.07 Å². The van der Waals surface area contributed by atoms with E-state index in [1.54, 1.807) is 31.2 Å². The number of sulfonamides is 1. The van der Waals surface area contributed by atoms with Crippen LogP contribution in [0.5, 0.6) is 0 Å². The molecule has 0 bridgehead atoms. The molecule has 1 fully saturated rings. The Kier molecular flexibility index (Phi) is 7.23. The standard InChI is InChI=1S/C25H26F2N4O3S/c1-16-8-9-24(18-6-4-3-5-7-18)35(33,34)31(16)14-19-12-22(27)20(13-21(19)26)17(2)30-25(32)23-10-11-28-15-29-23/h3-7,10-13,15-17,24H,8-9,14H2,1-2H3,(H,30,32)/t16-,17?,24+/m1/s1. The zero-order valence-corrected chi connectivity index (χ0v) is 20.2. The van der Waals surface area contributed by atoms with E-state index in [1.165, 1.54) is 29.8 Å². The lowest BCUT2D eigenvalue weighted by atomic mass is 10.0. The molecule has 1 N–H and O–H groups in total. The molecule has 10 heteroatoms. The second-order valence-electron chi connectivity index (χ2n) is 8.67. The Labute approximate surface area is 203 Å². The van der Waals surface area contributed by atoms with Gasteiger partial charge in [-0.2, -0.15) is 4.31 Å². The highest BCUT2D eigenvalue weighted by atomic mass is 32.2. The molecule has 0 aliphatic carbocycles. The molecule has 0 saturated carbocycles. The molecule has 3 aromatic rings. The number of hydrogen-bond donors (Lipinski definition) is 1. The minimum absolute atomic E-state index is 0.0506. The molecule has 1 aliphatic rings. The Balaban J connectivity index is 1.55. The summed E-state index contributed by atoms with van der Waals surface area (Å²) in [4.78, 5) is 19.9. The number of aromatic nitrogens is 2. The first-order valence-corrected chi connectivity index (χ1v) is 12.8. The van der Waals surface area contributed by atoms with Crippen molar-refractivity contribution in [2.75, 3.05) is 0 Å². The summed E-state index contributed by atoms with van der Waals surface area (Å²) in [6, 6.07) is 11.1. The Bertz CT molecular complexity index is 1310. The van der Waals surface area contributed by atoms with Crippen LogP contribution in [0.2, 0.25) is 0 Å². The first kappa shape index (κ1) is 24.9. The molecule has 1 aromatic heterocycles. The van der Waals surface area contributed by atoms with E-state index in [4.69, 9.17) is 0 Å². The summed E-state index contributed by atoms with van der Waals surface area (Å²) in [6.45, 7) is 3.02. The Morgan fingerprint density at radius 1 is 1.14 bits per heavy atom. The van der Waals surface area contributed by atoms with Gasteiger partial charge in [-0.1, -0.05) is 30.3 Å². The van der Waals surface area contributed by atoms with Gasteiger partial charge in [-0.05, 0) is 50.5 Å². The third-order valence-corrected chi connectivity index (χ3v) is 8.69. The van der Waals surface area contributed by atoms with E-state index in [0.29, 0.717) is 18.4 Å². The number of amides is 1. The number of hydrogen-bond acceptors (Lipinski definition) is 5. The summed E-state index contributed by atoms with van der Waals surface area (Å²) in [6.07, 6.45) is 3.68. The summed E-state index contributed by atoms with van der Waals surface area (Å²) in [5.74, 6) is -2.03. The fourth-order valence-electron chi connectivity index (χ4n) is 4.35. The zero-order chi connectivity index (χ0) is 25.2. The third kappa shape index (κ3) is 5.23. The topological polar surface area (TPSA) is 92.3 Å². The minimum atomic E-state index is -3.79. The monoisotopic (exact) mass is 500 g/mol. The fraction of sp³-hybridized carbons (Fsp3) is 0.320. The van der Waals surface area contributed by atoms with Crippen LogP contribution in [-0.4, -0.2) is 34.6 Å². The molecule has 3 atom stereocenters. The van der Waals surface area contributed by atoms with Crippen molar-refractivity contribution < 1.29 is 22.0 Å². The summed E-state index contributed by atoms with van der Waals surface area (Å²) >= 11 is 0. The van der Waals surface area contributed by atoms with Gasteiger partial charge in [0.25, 0.3) is 5.91 Å². The Morgan fingerprint density at radius 2 is 1.89 bits per heavy atom. The van der Waals surface area contributed by atoms with Gasteiger partial charge in [0.2, 0.25) is 10.0 Å². The van der Waals surface area contributed by atoms with Crippen molar-refractivity contribution in [2.45, 2.75) is 50.6 Å². The molecule has 1 aliphatic heterocycles. The molecule has 1 unspecified atom stereocenters.